The summed E-state index contributed by atoms with van der Waals surface area (Å²) in [5.41, 5.74) is 3.35. The van der Waals surface area contributed by atoms with Crippen LogP contribution in [0, 0.1) is 0 Å². The molecule has 1 saturated heterocycles. The summed E-state index contributed by atoms with van der Waals surface area (Å²) in [6, 6.07) is 15.4. The van der Waals surface area contributed by atoms with Gasteiger partial charge in [-0.25, -0.2) is 4.79 Å². The van der Waals surface area contributed by atoms with Gasteiger partial charge >= 0.3 is 6.09 Å². The molecule has 6 heteroatoms. The fraction of sp³-hybridized carbons (Fsp3) is 0.333. The first-order valence-electron chi connectivity index (χ1n) is 9.28. The first-order valence-corrected chi connectivity index (χ1v) is 9.28. The maximum absolute atomic E-state index is 12.3. The van der Waals surface area contributed by atoms with Gasteiger partial charge in [-0.3, -0.25) is 4.79 Å². The molecule has 4 rings (SSSR count). The molecule has 1 fully saturated rings. The molecule has 0 N–H and O–H groups in total. The molecule has 6 nitrogen and oxygen atoms in total. The van der Waals surface area contributed by atoms with Crippen molar-refractivity contribution in [1.82, 2.24) is 4.90 Å². The summed E-state index contributed by atoms with van der Waals surface area (Å²) < 4.78 is 5.42. The Hall–Kier alpha value is -3.02. The number of nitrogens with zero attached hydrogens (tertiary/aromatic N) is 3. The van der Waals surface area contributed by atoms with Crippen LogP contribution in [-0.4, -0.2) is 50.1 Å². The Morgan fingerprint density at radius 2 is 1.70 bits per heavy atom. The number of ether oxygens (including phenoxy) is 1. The highest BCUT2D eigenvalue weighted by Crippen LogP contribution is 2.31. The first kappa shape index (κ1) is 17.4. The fourth-order valence-electron chi connectivity index (χ4n) is 3.64. The largest absolute Gasteiger partial charge is 0.415 e. The lowest BCUT2D eigenvalue weighted by Gasteiger charge is -2.36. The van der Waals surface area contributed by atoms with E-state index in [9.17, 15) is 9.59 Å². The standard InChI is InChI=1S/C21H23N3O3/c1-22-19-9-8-17(15-16(19)7-10-20(22)25)23-11-13-24(14-12-23)21(26)27-18-5-3-2-4-6-18/h2-6,8-9,15H,7,10-14H2,1H3. The van der Waals surface area contributed by atoms with E-state index in [1.807, 2.05) is 31.3 Å². The van der Waals surface area contributed by atoms with Crippen molar-refractivity contribution in [1.29, 1.82) is 0 Å². The van der Waals surface area contributed by atoms with Gasteiger partial charge in [-0.15, -0.1) is 0 Å². The van der Waals surface area contributed by atoms with Crippen molar-refractivity contribution >= 4 is 23.4 Å². The Bertz CT molecular complexity index is 845. The molecule has 0 unspecified atom stereocenters. The predicted octanol–water partition coefficient (Wildman–Crippen LogP) is 2.92. The van der Waals surface area contributed by atoms with E-state index >= 15 is 0 Å². The average molecular weight is 365 g/mol. The molecule has 0 aliphatic carbocycles. The molecule has 2 aromatic carbocycles. The van der Waals surface area contributed by atoms with E-state index in [4.69, 9.17) is 4.74 Å². The minimum Gasteiger partial charge on any atom is -0.410 e. The Kier molecular flexibility index (Phi) is 4.71. The summed E-state index contributed by atoms with van der Waals surface area (Å²) in [5, 5.41) is 0. The van der Waals surface area contributed by atoms with Crippen LogP contribution in [0.25, 0.3) is 0 Å². The van der Waals surface area contributed by atoms with Gasteiger partial charge < -0.3 is 19.4 Å². The van der Waals surface area contributed by atoms with Gasteiger partial charge in [0.25, 0.3) is 0 Å². The van der Waals surface area contributed by atoms with Crippen LogP contribution in [0.3, 0.4) is 0 Å². The number of hydrogen-bond donors (Lipinski definition) is 0. The lowest BCUT2D eigenvalue weighted by molar-refractivity contribution is -0.118. The number of piperazine rings is 1. The maximum atomic E-state index is 12.3. The third-order valence-electron chi connectivity index (χ3n) is 5.26. The van der Waals surface area contributed by atoms with Gasteiger partial charge in [0.05, 0.1) is 0 Å². The van der Waals surface area contributed by atoms with Gasteiger partial charge in [-0.2, -0.15) is 0 Å². The van der Waals surface area contributed by atoms with Crippen LogP contribution in [0.2, 0.25) is 0 Å². The van der Waals surface area contributed by atoms with Crippen molar-refractivity contribution in [2.45, 2.75) is 12.8 Å². The quantitative estimate of drug-likeness (QED) is 0.821. The molecule has 140 valence electrons. The summed E-state index contributed by atoms with van der Waals surface area (Å²) in [7, 11) is 1.83. The number of aryl methyl sites for hydroxylation is 1. The summed E-state index contributed by atoms with van der Waals surface area (Å²) in [4.78, 5) is 29.9. The Balaban J connectivity index is 1.38. The zero-order valence-corrected chi connectivity index (χ0v) is 15.4. The average Bonchev–Trinajstić information content (AvgIpc) is 2.71. The monoisotopic (exact) mass is 365 g/mol. The number of hydrogen-bond acceptors (Lipinski definition) is 4. The fourth-order valence-corrected chi connectivity index (χ4v) is 3.64. The number of benzene rings is 2. The maximum Gasteiger partial charge on any atom is 0.415 e. The van der Waals surface area contributed by atoms with E-state index < -0.39 is 0 Å². The lowest BCUT2D eigenvalue weighted by atomic mass is 10.0. The molecule has 0 saturated carbocycles. The van der Waals surface area contributed by atoms with E-state index in [1.165, 1.54) is 5.56 Å². The van der Waals surface area contributed by atoms with Gasteiger partial charge in [0.1, 0.15) is 5.75 Å². The normalized spacial score (nSPS) is 16.9. The van der Waals surface area contributed by atoms with E-state index in [0.717, 1.165) is 30.9 Å². The highest BCUT2D eigenvalue weighted by Gasteiger charge is 2.25. The number of carbonyl (C=O) groups excluding carboxylic acids is 2. The van der Waals surface area contributed by atoms with Crippen molar-refractivity contribution in [3.63, 3.8) is 0 Å². The Labute approximate surface area is 158 Å². The van der Waals surface area contributed by atoms with Gasteiger partial charge in [0, 0.05) is 51.0 Å². The Morgan fingerprint density at radius 3 is 2.44 bits per heavy atom. The number of para-hydroxylation sites is 1. The molecular weight excluding hydrogens is 342 g/mol. The van der Waals surface area contributed by atoms with E-state index in [2.05, 4.69) is 17.0 Å². The molecule has 0 aromatic heterocycles. The second-order valence-corrected chi connectivity index (χ2v) is 6.92. The van der Waals surface area contributed by atoms with Crippen LogP contribution in [-0.2, 0) is 11.2 Å². The molecule has 2 heterocycles. The highest BCUT2D eigenvalue weighted by atomic mass is 16.6. The zero-order chi connectivity index (χ0) is 18.8. The molecular formula is C21H23N3O3. The van der Waals surface area contributed by atoms with E-state index in [-0.39, 0.29) is 12.0 Å². The van der Waals surface area contributed by atoms with Crippen LogP contribution in [0.1, 0.15) is 12.0 Å². The molecule has 0 spiro atoms. The number of anilines is 2. The highest BCUT2D eigenvalue weighted by molar-refractivity contribution is 5.96. The van der Waals surface area contributed by atoms with Crippen molar-refractivity contribution < 1.29 is 14.3 Å². The summed E-state index contributed by atoms with van der Waals surface area (Å²) in [6.45, 7) is 2.77. The smallest absolute Gasteiger partial charge is 0.410 e. The number of carbonyl (C=O) groups is 2. The second kappa shape index (κ2) is 7.31. The number of rotatable bonds is 2. The molecule has 0 bridgehead atoms. The van der Waals surface area contributed by atoms with Gasteiger partial charge in [-0.1, -0.05) is 18.2 Å². The molecule has 0 atom stereocenters. The number of amides is 2. The van der Waals surface area contributed by atoms with Crippen LogP contribution in [0.4, 0.5) is 16.2 Å². The molecule has 27 heavy (non-hydrogen) atoms. The number of fused-ring (bicyclic) bond motifs is 1. The second-order valence-electron chi connectivity index (χ2n) is 6.92. The molecule has 2 aromatic rings. The van der Waals surface area contributed by atoms with Crippen LogP contribution in [0.5, 0.6) is 5.75 Å². The van der Waals surface area contributed by atoms with Crippen molar-refractivity contribution in [2.75, 3.05) is 43.0 Å². The molecule has 2 amide bonds. The molecule has 2 aliphatic rings. The summed E-state index contributed by atoms with van der Waals surface area (Å²) in [5.74, 6) is 0.735. The van der Waals surface area contributed by atoms with Crippen molar-refractivity contribution in [2.24, 2.45) is 0 Å². The first-order chi connectivity index (χ1) is 13.1. The lowest BCUT2D eigenvalue weighted by Crippen LogP contribution is -2.49. The van der Waals surface area contributed by atoms with Crippen molar-refractivity contribution in [3.05, 3.63) is 54.1 Å². The van der Waals surface area contributed by atoms with E-state index in [1.54, 1.807) is 21.9 Å². The zero-order valence-electron chi connectivity index (χ0n) is 15.4. The summed E-state index contributed by atoms with van der Waals surface area (Å²) in [6.07, 6.45) is 1.05. The SMILES string of the molecule is CN1C(=O)CCc2cc(N3CCN(C(=O)Oc4ccccc4)CC3)ccc21. The summed E-state index contributed by atoms with van der Waals surface area (Å²) >= 11 is 0. The molecule has 0 radical (unpaired) electrons. The third-order valence-corrected chi connectivity index (χ3v) is 5.26. The molecule has 2 aliphatic heterocycles. The van der Waals surface area contributed by atoms with Gasteiger partial charge in [-0.05, 0) is 42.3 Å². The van der Waals surface area contributed by atoms with Gasteiger partial charge in [0.15, 0.2) is 0 Å². The minimum absolute atomic E-state index is 0.167. The Morgan fingerprint density at radius 1 is 0.963 bits per heavy atom. The predicted molar refractivity (Wildman–Crippen MR) is 104 cm³/mol. The van der Waals surface area contributed by atoms with Gasteiger partial charge in [0.2, 0.25) is 5.91 Å². The van der Waals surface area contributed by atoms with Crippen LogP contribution >= 0.6 is 0 Å². The van der Waals surface area contributed by atoms with E-state index in [0.29, 0.717) is 25.3 Å². The topological polar surface area (TPSA) is 53.1 Å². The minimum atomic E-state index is -0.300. The third kappa shape index (κ3) is 3.60. The van der Waals surface area contributed by atoms with Crippen molar-refractivity contribution in [3.8, 4) is 5.75 Å². The van der Waals surface area contributed by atoms with Crippen LogP contribution in [0.15, 0.2) is 48.5 Å². The van der Waals surface area contributed by atoms with Crippen LogP contribution < -0.4 is 14.5 Å².